The van der Waals surface area contributed by atoms with Crippen LogP contribution in [0, 0.1) is 6.92 Å². The quantitative estimate of drug-likeness (QED) is 0.542. The average molecular weight is 489 g/mol. The molecule has 2 aromatic heterocycles. The van der Waals surface area contributed by atoms with E-state index in [0.29, 0.717) is 17.1 Å². The van der Waals surface area contributed by atoms with Crippen LogP contribution < -0.4 is 10.2 Å². The number of aromatic nitrogens is 1. The second-order valence-corrected chi connectivity index (χ2v) is 11.4. The number of nitrogens with zero attached hydrogens (tertiary/aromatic N) is 3. The first-order valence-electron chi connectivity index (χ1n) is 10.9. The summed E-state index contributed by atoms with van der Waals surface area (Å²) in [5.74, 6) is 0.908. The van der Waals surface area contributed by atoms with Crippen LogP contribution in [0.3, 0.4) is 0 Å². The van der Waals surface area contributed by atoms with Crippen molar-refractivity contribution in [2.75, 3.05) is 32.1 Å². The Hall–Kier alpha value is -2.69. The topological polar surface area (TPSA) is 95.7 Å². The molecular formula is C23H28N4O4S2. The van der Waals surface area contributed by atoms with Crippen LogP contribution in [0.1, 0.15) is 40.4 Å². The molecular weight excluding hydrogens is 460 g/mol. The van der Waals surface area contributed by atoms with E-state index in [-0.39, 0.29) is 17.3 Å². The molecule has 0 spiro atoms. The summed E-state index contributed by atoms with van der Waals surface area (Å²) in [5.41, 5.74) is 1.87. The van der Waals surface area contributed by atoms with E-state index in [1.54, 1.807) is 23.5 Å². The standard InChI is InChI=1S/C23H28N4O4S2/c1-16-25-20(15-32-16)22-10-7-17(31-22)14-24-23(28)19-13-18(33(29,30)26(2)3)8-9-21(19)27-11-5-4-6-12-27/h7-10,13,15H,4-6,11-12,14H2,1-3H3,(H,24,28). The number of benzene rings is 1. The maximum atomic E-state index is 13.2. The van der Waals surface area contributed by atoms with Gasteiger partial charge in [0.1, 0.15) is 11.5 Å². The van der Waals surface area contributed by atoms with Crippen LogP contribution in [0.15, 0.2) is 45.0 Å². The van der Waals surface area contributed by atoms with Crippen LogP contribution in [0.25, 0.3) is 11.5 Å². The molecule has 0 radical (unpaired) electrons. The molecule has 10 heteroatoms. The van der Waals surface area contributed by atoms with Crippen molar-refractivity contribution in [3.8, 4) is 11.5 Å². The molecule has 1 aliphatic rings. The molecule has 3 heterocycles. The second kappa shape index (κ2) is 9.66. The van der Waals surface area contributed by atoms with Crippen molar-refractivity contribution in [2.45, 2.75) is 37.6 Å². The molecule has 3 aromatic rings. The van der Waals surface area contributed by atoms with Crippen LogP contribution in [0.2, 0.25) is 0 Å². The van der Waals surface area contributed by atoms with E-state index in [1.807, 2.05) is 24.4 Å². The Labute approximate surface area is 198 Å². The number of anilines is 1. The van der Waals surface area contributed by atoms with Crippen molar-refractivity contribution in [3.63, 3.8) is 0 Å². The molecule has 1 aliphatic heterocycles. The van der Waals surface area contributed by atoms with Crippen molar-refractivity contribution >= 4 is 33.0 Å². The van der Waals surface area contributed by atoms with Gasteiger partial charge in [0.05, 0.1) is 22.0 Å². The predicted molar refractivity (Wildman–Crippen MR) is 129 cm³/mol. The minimum atomic E-state index is -3.66. The number of amides is 1. The minimum absolute atomic E-state index is 0.0950. The van der Waals surface area contributed by atoms with Gasteiger partial charge in [-0.25, -0.2) is 17.7 Å². The SMILES string of the molecule is Cc1nc(-c2ccc(CNC(=O)c3cc(S(=O)(=O)N(C)C)ccc3N3CCCCC3)o2)cs1. The normalized spacial score (nSPS) is 14.6. The maximum absolute atomic E-state index is 13.2. The number of nitrogens with one attached hydrogen (secondary N) is 1. The zero-order valence-corrected chi connectivity index (χ0v) is 20.6. The minimum Gasteiger partial charge on any atom is -0.458 e. The Balaban J connectivity index is 1.57. The number of furan rings is 1. The number of carbonyl (C=O) groups is 1. The van der Waals surface area contributed by atoms with Gasteiger partial charge in [-0.1, -0.05) is 0 Å². The highest BCUT2D eigenvalue weighted by atomic mass is 32.2. The summed E-state index contributed by atoms with van der Waals surface area (Å²) in [4.78, 5) is 19.9. The Morgan fingerprint density at radius 1 is 1.18 bits per heavy atom. The van der Waals surface area contributed by atoms with Crippen molar-refractivity contribution in [1.82, 2.24) is 14.6 Å². The van der Waals surface area contributed by atoms with Crippen LogP contribution in [-0.4, -0.2) is 50.8 Å². The van der Waals surface area contributed by atoms with E-state index in [2.05, 4.69) is 15.2 Å². The lowest BCUT2D eigenvalue weighted by molar-refractivity contribution is 0.0948. The van der Waals surface area contributed by atoms with E-state index < -0.39 is 10.0 Å². The molecule has 0 atom stereocenters. The number of hydrogen-bond donors (Lipinski definition) is 1. The highest BCUT2D eigenvalue weighted by Gasteiger charge is 2.24. The fourth-order valence-corrected chi connectivity index (χ4v) is 5.36. The number of thiazole rings is 1. The number of hydrogen-bond acceptors (Lipinski definition) is 7. The fraction of sp³-hybridized carbons (Fsp3) is 0.391. The lowest BCUT2D eigenvalue weighted by Crippen LogP contribution is -2.33. The molecule has 8 nitrogen and oxygen atoms in total. The molecule has 0 aliphatic carbocycles. The first kappa shape index (κ1) is 23.5. The van der Waals surface area contributed by atoms with Crippen LogP contribution >= 0.6 is 11.3 Å². The Bertz CT molecular complexity index is 1240. The van der Waals surface area contributed by atoms with Gasteiger partial charge in [-0.15, -0.1) is 11.3 Å². The second-order valence-electron chi connectivity index (χ2n) is 8.21. The predicted octanol–water partition coefficient (Wildman–Crippen LogP) is 3.88. The van der Waals surface area contributed by atoms with Gasteiger partial charge in [-0.2, -0.15) is 0 Å². The largest absolute Gasteiger partial charge is 0.458 e. The summed E-state index contributed by atoms with van der Waals surface area (Å²) in [5, 5.41) is 5.77. The Kier molecular flexibility index (Phi) is 6.87. The third-order valence-electron chi connectivity index (χ3n) is 5.64. The van der Waals surface area contributed by atoms with Crippen molar-refractivity contribution < 1.29 is 17.6 Å². The smallest absolute Gasteiger partial charge is 0.253 e. The van der Waals surface area contributed by atoms with Crippen LogP contribution in [0.5, 0.6) is 0 Å². The summed E-state index contributed by atoms with van der Waals surface area (Å²) in [6.45, 7) is 3.80. The number of carbonyl (C=O) groups excluding carboxylic acids is 1. The molecule has 4 rings (SSSR count). The first-order chi connectivity index (χ1) is 15.8. The zero-order chi connectivity index (χ0) is 23.6. The van der Waals surface area contributed by atoms with Crippen molar-refractivity contribution in [1.29, 1.82) is 0 Å². The molecule has 33 heavy (non-hydrogen) atoms. The van der Waals surface area contributed by atoms with Crippen molar-refractivity contribution in [2.24, 2.45) is 0 Å². The van der Waals surface area contributed by atoms with Gasteiger partial charge < -0.3 is 14.6 Å². The third kappa shape index (κ3) is 5.13. The summed E-state index contributed by atoms with van der Waals surface area (Å²) < 4.78 is 32.3. The molecule has 1 aromatic carbocycles. The molecule has 0 saturated carbocycles. The number of piperidine rings is 1. The van der Waals surface area contributed by atoms with E-state index in [9.17, 15) is 13.2 Å². The van der Waals surface area contributed by atoms with E-state index in [4.69, 9.17) is 4.42 Å². The molecule has 1 N–H and O–H groups in total. The van der Waals surface area contributed by atoms with Crippen molar-refractivity contribution in [3.05, 3.63) is 52.0 Å². The van der Waals surface area contributed by atoms with E-state index >= 15 is 0 Å². The van der Waals surface area contributed by atoms with Crippen LogP contribution in [0.4, 0.5) is 5.69 Å². The number of aryl methyl sites for hydroxylation is 1. The summed E-state index contributed by atoms with van der Waals surface area (Å²) in [7, 11) is -0.706. The van der Waals surface area contributed by atoms with Crippen LogP contribution in [-0.2, 0) is 16.6 Å². The summed E-state index contributed by atoms with van der Waals surface area (Å²) >= 11 is 1.55. The molecule has 1 amide bonds. The highest BCUT2D eigenvalue weighted by molar-refractivity contribution is 7.89. The number of sulfonamides is 1. The fourth-order valence-electron chi connectivity index (χ4n) is 3.83. The molecule has 1 saturated heterocycles. The van der Waals surface area contributed by atoms with Gasteiger partial charge in [-0.3, -0.25) is 4.79 Å². The average Bonchev–Trinajstić information content (AvgIpc) is 3.46. The third-order valence-corrected chi connectivity index (χ3v) is 8.23. The van der Waals surface area contributed by atoms with E-state index in [1.165, 1.54) is 20.2 Å². The maximum Gasteiger partial charge on any atom is 0.253 e. The van der Waals surface area contributed by atoms with Gasteiger partial charge >= 0.3 is 0 Å². The summed E-state index contributed by atoms with van der Waals surface area (Å²) in [6.07, 6.45) is 3.25. The van der Waals surface area contributed by atoms with Gasteiger partial charge in [0, 0.05) is 38.3 Å². The molecule has 176 valence electrons. The Morgan fingerprint density at radius 3 is 2.61 bits per heavy atom. The van der Waals surface area contributed by atoms with Gasteiger partial charge in [-0.05, 0) is 56.5 Å². The first-order valence-corrected chi connectivity index (χ1v) is 13.2. The van der Waals surface area contributed by atoms with Gasteiger partial charge in [0.25, 0.3) is 5.91 Å². The highest BCUT2D eigenvalue weighted by Crippen LogP contribution is 2.28. The molecule has 0 unspecified atom stereocenters. The summed E-state index contributed by atoms with van der Waals surface area (Å²) in [6, 6.07) is 8.43. The molecule has 0 bridgehead atoms. The van der Waals surface area contributed by atoms with Gasteiger partial charge in [0.15, 0.2) is 5.76 Å². The number of rotatable bonds is 7. The monoisotopic (exact) mass is 488 g/mol. The van der Waals surface area contributed by atoms with Gasteiger partial charge in [0.2, 0.25) is 10.0 Å². The van der Waals surface area contributed by atoms with E-state index in [0.717, 1.165) is 53.0 Å². The Morgan fingerprint density at radius 2 is 1.94 bits per heavy atom. The molecule has 1 fully saturated rings. The lowest BCUT2D eigenvalue weighted by atomic mass is 10.1. The lowest BCUT2D eigenvalue weighted by Gasteiger charge is -2.30. The zero-order valence-electron chi connectivity index (χ0n) is 19.0.